The van der Waals surface area contributed by atoms with Gasteiger partial charge in [0.25, 0.3) is 0 Å². The van der Waals surface area contributed by atoms with E-state index in [0.717, 1.165) is 0 Å². The average molecular weight is 317 g/mol. The molecule has 2 rings (SSSR count). The van der Waals surface area contributed by atoms with Gasteiger partial charge in [-0.3, -0.25) is 0 Å². The van der Waals surface area contributed by atoms with Crippen molar-refractivity contribution in [2.24, 2.45) is 5.92 Å². The van der Waals surface area contributed by atoms with Crippen molar-refractivity contribution in [1.82, 2.24) is 4.72 Å². The van der Waals surface area contributed by atoms with Crippen molar-refractivity contribution in [3.63, 3.8) is 0 Å². The molecule has 8 heteroatoms. The number of furan rings is 1. The maximum atomic E-state index is 12.4. The molecule has 0 aromatic carbocycles. The van der Waals surface area contributed by atoms with E-state index in [1.807, 2.05) is 0 Å². The predicted octanol–water partition coefficient (Wildman–Crippen LogP) is 0.732. The average Bonchev–Trinajstić information content (AvgIpc) is 2.68. The van der Waals surface area contributed by atoms with Crippen molar-refractivity contribution < 1.29 is 27.5 Å². The summed E-state index contributed by atoms with van der Waals surface area (Å²) in [6, 6.07) is 0. The molecule has 0 spiro atoms. The number of carbonyl (C=O) groups is 1. The Morgan fingerprint density at radius 3 is 2.52 bits per heavy atom. The lowest BCUT2D eigenvalue weighted by Gasteiger charge is -2.31. The summed E-state index contributed by atoms with van der Waals surface area (Å²) < 4.78 is 37.1. The molecule has 1 fully saturated rings. The Labute approximate surface area is 123 Å². The van der Waals surface area contributed by atoms with Gasteiger partial charge in [0.05, 0.1) is 13.2 Å². The van der Waals surface area contributed by atoms with Crippen molar-refractivity contribution in [2.75, 3.05) is 13.7 Å². The van der Waals surface area contributed by atoms with Gasteiger partial charge in [0.15, 0.2) is 0 Å². The van der Waals surface area contributed by atoms with E-state index in [0.29, 0.717) is 12.8 Å². The summed E-state index contributed by atoms with van der Waals surface area (Å²) in [5.41, 5.74) is -0.0730. The summed E-state index contributed by atoms with van der Waals surface area (Å²) in [4.78, 5) is 11.6. The molecule has 0 atom stereocenters. The zero-order valence-electron chi connectivity index (χ0n) is 12.2. The zero-order valence-corrected chi connectivity index (χ0v) is 13.0. The number of aliphatic hydroxyl groups is 1. The standard InChI is InChI=1S/C13H19NO6S/c1-7-11(13(16)19-3)12(8(2)20-7)21(17,18)14-6-9-4-10(15)5-9/h9-10,14-15H,4-6H2,1-3H3. The Hall–Kier alpha value is -1.38. The second kappa shape index (κ2) is 5.78. The van der Waals surface area contributed by atoms with E-state index < -0.39 is 16.0 Å². The third-order valence-corrected chi connectivity index (χ3v) is 5.21. The molecule has 0 bridgehead atoms. The maximum Gasteiger partial charge on any atom is 0.342 e. The van der Waals surface area contributed by atoms with Crippen LogP contribution in [0.1, 0.15) is 34.7 Å². The molecule has 0 radical (unpaired) electrons. The number of esters is 1. The highest BCUT2D eigenvalue weighted by Crippen LogP contribution is 2.29. The van der Waals surface area contributed by atoms with E-state index in [1.165, 1.54) is 21.0 Å². The molecule has 2 N–H and O–H groups in total. The minimum absolute atomic E-state index is 0.0730. The third-order valence-electron chi connectivity index (χ3n) is 3.64. The van der Waals surface area contributed by atoms with Gasteiger partial charge in [0.1, 0.15) is 22.0 Å². The van der Waals surface area contributed by atoms with E-state index in [4.69, 9.17) is 4.42 Å². The van der Waals surface area contributed by atoms with Gasteiger partial charge in [-0.15, -0.1) is 0 Å². The van der Waals surface area contributed by atoms with Gasteiger partial charge in [-0.25, -0.2) is 17.9 Å². The van der Waals surface area contributed by atoms with E-state index >= 15 is 0 Å². The van der Waals surface area contributed by atoms with Gasteiger partial charge < -0.3 is 14.3 Å². The van der Waals surface area contributed by atoms with Crippen LogP contribution in [0.2, 0.25) is 0 Å². The molecular weight excluding hydrogens is 298 g/mol. The number of hydrogen-bond donors (Lipinski definition) is 2. The highest BCUT2D eigenvalue weighted by molar-refractivity contribution is 7.89. The number of aliphatic hydroxyl groups excluding tert-OH is 1. The first-order valence-electron chi connectivity index (χ1n) is 6.62. The molecule has 1 saturated carbocycles. The first kappa shape index (κ1) is 16.0. The number of rotatable bonds is 5. The summed E-state index contributed by atoms with van der Waals surface area (Å²) in [5.74, 6) is -0.277. The highest BCUT2D eigenvalue weighted by atomic mass is 32.2. The van der Waals surface area contributed by atoms with E-state index in [1.54, 1.807) is 0 Å². The Bertz CT molecular complexity index is 642. The molecule has 1 aliphatic rings. The number of ether oxygens (including phenoxy) is 1. The quantitative estimate of drug-likeness (QED) is 0.776. The molecule has 1 aromatic heterocycles. The van der Waals surface area contributed by atoms with Gasteiger partial charge >= 0.3 is 5.97 Å². The van der Waals surface area contributed by atoms with Crippen molar-refractivity contribution in [1.29, 1.82) is 0 Å². The monoisotopic (exact) mass is 317 g/mol. The Morgan fingerprint density at radius 1 is 1.38 bits per heavy atom. The normalized spacial score (nSPS) is 21.9. The number of nitrogens with one attached hydrogen (secondary N) is 1. The molecule has 0 saturated heterocycles. The summed E-state index contributed by atoms with van der Waals surface area (Å²) in [5, 5.41) is 9.21. The van der Waals surface area contributed by atoms with Crippen LogP contribution < -0.4 is 4.72 Å². The lowest BCUT2D eigenvalue weighted by atomic mass is 9.83. The van der Waals surface area contributed by atoms with E-state index in [9.17, 15) is 18.3 Å². The smallest absolute Gasteiger partial charge is 0.342 e. The first-order valence-corrected chi connectivity index (χ1v) is 8.10. The molecule has 1 heterocycles. The molecule has 1 aliphatic carbocycles. The van der Waals surface area contributed by atoms with E-state index in [2.05, 4.69) is 9.46 Å². The number of methoxy groups -OCH3 is 1. The topological polar surface area (TPSA) is 106 Å². The zero-order chi connectivity index (χ0) is 15.8. The molecule has 21 heavy (non-hydrogen) atoms. The van der Waals surface area contributed by atoms with Crippen LogP contribution in [0.4, 0.5) is 0 Å². The summed E-state index contributed by atoms with van der Waals surface area (Å²) >= 11 is 0. The van der Waals surface area contributed by atoms with Gasteiger partial charge in [-0.1, -0.05) is 0 Å². The Balaban J connectivity index is 2.25. The molecule has 118 valence electrons. The first-order chi connectivity index (χ1) is 9.76. The van der Waals surface area contributed by atoms with Gasteiger partial charge in [0.2, 0.25) is 10.0 Å². The molecule has 1 aromatic rings. The van der Waals surface area contributed by atoms with Crippen LogP contribution in [0.25, 0.3) is 0 Å². The third kappa shape index (κ3) is 3.12. The van der Waals surface area contributed by atoms with Gasteiger partial charge in [-0.05, 0) is 32.6 Å². The van der Waals surface area contributed by atoms with Crippen molar-refractivity contribution in [3.05, 3.63) is 17.1 Å². The SMILES string of the molecule is COC(=O)c1c(C)oc(C)c1S(=O)(=O)NCC1CC(O)C1. The van der Waals surface area contributed by atoms with Crippen molar-refractivity contribution in [3.8, 4) is 0 Å². The van der Waals surface area contributed by atoms with Crippen LogP contribution in [0.3, 0.4) is 0 Å². The summed E-state index contributed by atoms with van der Waals surface area (Å²) in [6.45, 7) is 3.23. The van der Waals surface area contributed by atoms with Gasteiger partial charge in [0, 0.05) is 6.54 Å². The van der Waals surface area contributed by atoms with Crippen LogP contribution in [0.15, 0.2) is 9.31 Å². The molecule has 0 amide bonds. The minimum atomic E-state index is -3.87. The van der Waals surface area contributed by atoms with Crippen molar-refractivity contribution in [2.45, 2.75) is 37.7 Å². The van der Waals surface area contributed by atoms with Crippen LogP contribution in [-0.4, -0.2) is 39.3 Å². The number of hydrogen-bond acceptors (Lipinski definition) is 6. The second-order valence-corrected chi connectivity index (χ2v) is 6.96. The molecule has 0 unspecified atom stereocenters. The fourth-order valence-electron chi connectivity index (χ4n) is 2.49. The number of sulfonamides is 1. The Morgan fingerprint density at radius 2 is 2.00 bits per heavy atom. The van der Waals surface area contributed by atoms with Crippen LogP contribution >= 0.6 is 0 Å². The number of carbonyl (C=O) groups excluding carboxylic acids is 1. The van der Waals surface area contributed by atoms with Crippen LogP contribution in [-0.2, 0) is 14.8 Å². The largest absolute Gasteiger partial charge is 0.465 e. The minimum Gasteiger partial charge on any atom is -0.465 e. The molecule has 0 aliphatic heterocycles. The van der Waals surface area contributed by atoms with Crippen LogP contribution in [0.5, 0.6) is 0 Å². The fraction of sp³-hybridized carbons (Fsp3) is 0.615. The lowest BCUT2D eigenvalue weighted by Crippen LogP contribution is -2.38. The highest BCUT2D eigenvalue weighted by Gasteiger charge is 2.33. The molecule has 7 nitrogen and oxygen atoms in total. The van der Waals surface area contributed by atoms with E-state index in [-0.39, 0.29) is 40.5 Å². The second-order valence-electron chi connectivity index (χ2n) is 5.25. The van der Waals surface area contributed by atoms with Crippen LogP contribution in [0, 0.1) is 19.8 Å². The maximum absolute atomic E-state index is 12.4. The molecular formula is C13H19NO6S. The Kier molecular flexibility index (Phi) is 4.40. The van der Waals surface area contributed by atoms with Crippen molar-refractivity contribution >= 4 is 16.0 Å². The lowest BCUT2D eigenvalue weighted by molar-refractivity contribution is 0.0453. The summed E-state index contributed by atoms with van der Waals surface area (Å²) in [6.07, 6.45) is 0.814. The summed E-state index contributed by atoms with van der Waals surface area (Å²) in [7, 11) is -2.69. The number of aryl methyl sites for hydroxylation is 2. The van der Waals surface area contributed by atoms with Gasteiger partial charge in [-0.2, -0.15) is 0 Å². The fourth-order valence-corrected chi connectivity index (χ4v) is 4.01. The predicted molar refractivity (Wildman–Crippen MR) is 73.4 cm³/mol.